The standard InChI is InChI=1S/C16H17N5O3S/c17-14(22)15(23)20-18-10-12-13(11-4-2-1-3-5-11)19-16(25-12)21-6-8-24-9-7-21/h1-5,10H,6-9H2,(H2,17,22)(H,20,23)/b18-10-. The third-order valence-corrected chi connectivity index (χ3v) is 4.59. The summed E-state index contributed by atoms with van der Waals surface area (Å²) in [6, 6.07) is 9.70. The van der Waals surface area contributed by atoms with Crippen molar-refractivity contribution in [1.29, 1.82) is 0 Å². The number of hydrogen-bond acceptors (Lipinski definition) is 7. The van der Waals surface area contributed by atoms with Crippen molar-refractivity contribution in [3.8, 4) is 11.3 Å². The number of nitrogens with zero attached hydrogens (tertiary/aromatic N) is 3. The van der Waals surface area contributed by atoms with Crippen molar-refractivity contribution in [2.45, 2.75) is 0 Å². The fourth-order valence-electron chi connectivity index (χ4n) is 2.31. The van der Waals surface area contributed by atoms with Gasteiger partial charge in [0.1, 0.15) is 0 Å². The van der Waals surface area contributed by atoms with E-state index in [-0.39, 0.29) is 0 Å². The number of amides is 2. The first kappa shape index (κ1) is 17.1. The second-order valence-electron chi connectivity index (χ2n) is 5.24. The van der Waals surface area contributed by atoms with Crippen LogP contribution in [0.4, 0.5) is 5.13 Å². The van der Waals surface area contributed by atoms with Crippen LogP contribution in [0.15, 0.2) is 35.4 Å². The molecule has 9 heteroatoms. The number of carbonyl (C=O) groups excluding carboxylic acids is 2. The van der Waals surface area contributed by atoms with Gasteiger partial charge in [0.15, 0.2) is 5.13 Å². The molecule has 2 amide bonds. The number of nitrogens with one attached hydrogen (secondary N) is 1. The lowest BCUT2D eigenvalue weighted by Gasteiger charge is -2.26. The van der Waals surface area contributed by atoms with Crippen LogP contribution in [-0.2, 0) is 14.3 Å². The van der Waals surface area contributed by atoms with Crippen molar-refractivity contribution in [2.24, 2.45) is 10.8 Å². The van der Waals surface area contributed by atoms with Gasteiger partial charge in [-0.2, -0.15) is 5.10 Å². The molecule has 1 aliphatic heterocycles. The van der Waals surface area contributed by atoms with Gasteiger partial charge < -0.3 is 15.4 Å². The van der Waals surface area contributed by atoms with E-state index in [9.17, 15) is 9.59 Å². The molecule has 1 saturated heterocycles. The van der Waals surface area contributed by atoms with Gasteiger partial charge in [-0.1, -0.05) is 41.7 Å². The highest BCUT2D eigenvalue weighted by Crippen LogP contribution is 2.32. The number of nitrogens with two attached hydrogens (primary N) is 1. The first-order valence-electron chi connectivity index (χ1n) is 7.67. The molecule has 0 spiro atoms. The highest BCUT2D eigenvalue weighted by molar-refractivity contribution is 7.17. The smallest absolute Gasteiger partial charge is 0.329 e. The number of carbonyl (C=O) groups is 2. The van der Waals surface area contributed by atoms with E-state index < -0.39 is 11.8 Å². The molecule has 1 aromatic heterocycles. The Hall–Kier alpha value is -2.78. The van der Waals surface area contributed by atoms with Gasteiger partial charge >= 0.3 is 11.8 Å². The Bertz CT molecular complexity index is 784. The van der Waals surface area contributed by atoms with Crippen LogP contribution in [0.3, 0.4) is 0 Å². The number of rotatable bonds is 4. The van der Waals surface area contributed by atoms with E-state index in [0.29, 0.717) is 13.2 Å². The minimum absolute atomic E-state index is 0.665. The zero-order chi connectivity index (χ0) is 17.6. The molecule has 0 atom stereocenters. The van der Waals surface area contributed by atoms with E-state index in [2.05, 4.69) is 15.4 Å². The van der Waals surface area contributed by atoms with E-state index in [1.165, 1.54) is 17.6 Å². The van der Waals surface area contributed by atoms with E-state index in [1.807, 2.05) is 30.3 Å². The average Bonchev–Trinajstić information content (AvgIpc) is 3.07. The molecule has 1 fully saturated rings. The fourth-order valence-corrected chi connectivity index (χ4v) is 3.32. The number of thiazole rings is 1. The number of benzene rings is 1. The fraction of sp³-hybridized carbons (Fsp3) is 0.250. The topological polar surface area (TPSA) is 110 Å². The van der Waals surface area contributed by atoms with Crippen molar-refractivity contribution >= 4 is 34.5 Å². The molecule has 25 heavy (non-hydrogen) atoms. The van der Waals surface area contributed by atoms with Crippen molar-refractivity contribution in [3.63, 3.8) is 0 Å². The molecule has 3 N–H and O–H groups in total. The van der Waals surface area contributed by atoms with Crippen LogP contribution in [0.25, 0.3) is 11.3 Å². The molecule has 3 rings (SSSR count). The van der Waals surface area contributed by atoms with Crippen LogP contribution in [-0.4, -0.2) is 49.3 Å². The second kappa shape index (κ2) is 7.86. The van der Waals surface area contributed by atoms with Gasteiger partial charge in [-0.05, 0) is 0 Å². The Kier molecular flexibility index (Phi) is 5.36. The number of primary amides is 1. The quantitative estimate of drug-likeness (QED) is 0.471. The maximum absolute atomic E-state index is 11.2. The molecular weight excluding hydrogens is 342 g/mol. The van der Waals surface area contributed by atoms with Crippen LogP contribution >= 0.6 is 11.3 Å². The van der Waals surface area contributed by atoms with Crippen molar-refractivity contribution in [3.05, 3.63) is 35.2 Å². The van der Waals surface area contributed by atoms with E-state index in [1.54, 1.807) is 0 Å². The Morgan fingerprint density at radius 2 is 2.00 bits per heavy atom. The summed E-state index contributed by atoms with van der Waals surface area (Å²) in [7, 11) is 0. The lowest BCUT2D eigenvalue weighted by atomic mass is 10.1. The molecule has 1 aliphatic rings. The minimum Gasteiger partial charge on any atom is -0.378 e. The van der Waals surface area contributed by atoms with Gasteiger partial charge in [-0.3, -0.25) is 9.59 Å². The number of aromatic nitrogens is 1. The van der Waals surface area contributed by atoms with Crippen molar-refractivity contribution < 1.29 is 14.3 Å². The highest BCUT2D eigenvalue weighted by Gasteiger charge is 2.19. The van der Waals surface area contributed by atoms with Crippen LogP contribution in [0.1, 0.15) is 4.88 Å². The van der Waals surface area contributed by atoms with Gasteiger partial charge in [-0.25, -0.2) is 10.4 Å². The third kappa shape index (κ3) is 4.20. The molecular formula is C16H17N5O3S. The minimum atomic E-state index is -1.08. The number of morpholine rings is 1. The van der Waals surface area contributed by atoms with E-state index >= 15 is 0 Å². The first-order valence-corrected chi connectivity index (χ1v) is 8.48. The summed E-state index contributed by atoms with van der Waals surface area (Å²) in [4.78, 5) is 29.6. The molecule has 0 saturated carbocycles. The SMILES string of the molecule is NC(=O)C(=O)N/N=C\c1sc(N2CCOCC2)nc1-c1ccccc1. The van der Waals surface area contributed by atoms with Crippen LogP contribution in [0.2, 0.25) is 0 Å². The van der Waals surface area contributed by atoms with Gasteiger partial charge in [0, 0.05) is 18.7 Å². The Labute approximate surface area is 148 Å². The lowest BCUT2D eigenvalue weighted by Crippen LogP contribution is -2.36. The van der Waals surface area contributed by atoms with Crippen molar-refractivity contribution in [2.75, 3.05) is 31.2 Å². The lowest BCUT2D eigenvalue weighted by molar-refractivity contribution is -0.137. The molecule has 1 aromatic carbocycles. The van der Waals surface area contributed by atoms with Crippen molar-refractivity contribution in [1.82, 2.24) is 10.4 Å². The normalized spacial score (nSPS) is 14.6. The number of anilines is 1. The van der Waals surface area contributed by atoms with Gasteiger partial charge in [0.25, 0.3) is 0 Å². The molecule has 0 bridgehead atoms. The van der Waals surface area contributed by atoms with Gasteiger partial charge in [0.05, 0.1) is 30.0 Å². The summed E-state index contributed by atoms with van der Waals surface area (Å²) in [6.45, 7) is 2.88. The van der Waals surface area contributed by atoms with Gasteiger partial charge in [-0.15, -0.1) is 0 Å². The molecule has 2 heterocycles. The summed E-state index contributed by atoms with van der Waals surface area (Å²) >= 11 is 1.46. The zero-order valence-corrected chi connectivity index (χ0v) is 14.2. The largest absolute Gasteiger partial charge is 0.378 e. The molecule has 0 radical (unpaired) electrons. The number of hydrogen-bond donors (Lipinski definition) is 2. The second-order valence-corrected chi connectivity index (χ2v) is 6.25. The predicted octanol–water partition coefficient (Wildman–Crippen LogP) is 0.582. The average molecular weight is 359 g/mol. The monoisotopic (exact) mass is 359 g/mol. The van der Waals surface area contributed by atoms with Crippen LogP contribution in [0, 0.1) is 0 Å². The maximum Gasteiger partial charge on any atom is 0.329 e. The highest BCUT2D eigenvalue weighted by atomic mass is 32.1. The maximum atomic E-state index is 11.2. The summed E-state index contributed by atoms with van der Waals surface area (Å²) in [5.41, 5.74) is 8.70. The third-order valence-electron chi connectivity index (χ3n) is 3.54. The molecule has 130 valence electrons. The predicted molar refractivity (Wildman–Crippen MR) is 95.5 cm³/mol. The van der Waals surface area contributed by atoms with Gasteiger partial charge in [0.2, 0.25) is 0 Å². The number of ether oxygens (including phenoxy) is 1. The molecule has 0 aliphatic carbocycles. The van der Waals surface area contributed by atoms with E-state index in [4.69, 9.17) is 15.5 Å². The summed E-state index contributed by atoms with van der Waals surface area (Å²) in [5, 5.41) is 4.67. The molecule has 0 unspecified atom stereocenters. The molecule has 2 aromatic rings. The Morgan fingerprint density at radius 3 is 2.68 bits per heavy atom. The number of hydrazone groups is 1. The first-order chi connectivity index (χ1) is 12.1. The summed E-state index contributed by atoms with van der Waals surface area (Å²) < 4.78 is 5.37. The Balaban J connectivity index is 1.88. The Morgan fingerprint density at radius 1 is 1.28 bits per heavy atom. The van der Waals surface area contributed by atoms with E-state index in [0.717, 1.165) is 34.4 Å². The summed E-state index contributed by atoms with van der Waals surface area (Å²) in [6.07, 6.45) is 1.48. The molecule has 8 nitrogen and oxygen atoms in total. The zero-order valence-electron chi connectivity index (χ0n) is 13.3. The van der Waals surface area contributed by atoms with Crippen LogP contribution in [0.5, 0.6) is 0 Å². The summed E-state index contributed by atoms with van der Waals surface area (Å²) in [5.74, 6) is -2.05. The van der Waals surface area contributed by atoms with Crippen LogP contribution < -0.4 is 16.1 Å².